The van der Waals surface area contributed by atoms with Gasteiger partial charge in [-0.1, -0.05) is 41.3 Å². The average Bonchev–Trinajstić information content (AvgIpc) is 2.99. The molecule has 1 atom stereocenters. The highest BCUT2D eigenvalue weighted by Gasteiger charge is 2.25. The Morgan fingerprint density at radius 3 is 3.13 bits per heavy atom. The lowest BCUT2D eigenvalue weighted by Crippen LogP contribution is -2.37. The highest BCUT2D eigenvalue weighted by atomic mass is 32.2. The van der Waals surface area contributed by atoms with Crippen molar-refractivity contribution in [3.05, 3.63) is 34.8 Å². The zero-order chi connectivity index (χ0) is 16.1. The van der Waals surface area contributed by atoms with Crippen molar-refractivity contribution < 1.29 is 9.53 Å². The molecule has 0 unspecified atom stereocenters. The van der Waals surface area contributed by atoms with Crippen LogP contribution in [0.25, 0.3) is 0 Å². The lowest BCUT2D eigenvalue weighted by molar-refractivity contribution is -0.126. The van der Waals surface area contributed by atoms with Crippen molar-refractivity contribution in [2.24, 2.45) is 5.92 Å². The lowest BCUT2D eigenvalue weighted by Gasteiger charge is -2.24. The summed E-state index contributed by atoms with van der Waals surface area (Å²) in [4.78, 5) is 12.2. The molecule has 0 spiro atoms. The van der Waals surface area contributed by atoms with Crippen LogP contribution >= 0.6 is 23.1 Å². The second-order valence-electron chi connectivity index (χ2n) is 5.40. The zero-order valence-electron chi connectivity index (χ0n) is 12.9. The van der Waals surface area contributed by atoms with E-state index in [4.69, 9.17) is 4.74 Å². The Balaban J connectivity index is 1.37. The van der Waals surface area contributed by atoms with Crippen molar-refractivity contribution in [3.63, 3.8) is 0 Å². The number of nitrogens with zero attached hydrogens (tertiary/aromatic N) is 2. The Morgan fingerprint density at radius 1 is 1.43 bits per heavy atom. The van der Waals surface area contributed by atoms with Crippen LogP contribution in [0.3, 0.4) is 0 Å². The third-order valence-corrected chi connectivity index (χ3v) is 5.66. The lowest BCUT2D eigenvalue weighted by atomic mass is 9.96. The summed E-state index contributed by atoms with van der Waals surface area (Å²) < 4.78 is 6.66. The van der Waals surface area contributed by atoms with Crippen LogP contribution in [-0.2, 0) is 11.2 Å². The maximum absolute atomic E-state index is 12.2. The van der Waals surface area contributed by atoms with Crippen LogP contribution in [0.1, 0.15) is 17.0 Å². The molecule has 3 rings (SSSR count). The summed E-state index contributed by atoms with van der Waals surface area (Å²) >= 11 is 3.29. The normalized spacial score (nSPS) is 16.5. The number of amides is 1. The number of nitrogens with one attached hydrogen (secondary N) is 1. The largest absolute Gasteiger partial charge is 0.492 e. The minimum absolute atomic E-state index is 0.0799. The van der Waals surface area contributed by atoms with Gasteiger partial charge in [0.1, 0.15) is 17.4 Å². The van der Waals surface area contributed by atoms with Gasteiger partial charge in [-0.3, -0.25) is 4.79 Å². The van der Waals surface area contributed by atoms with E-state index in [2.05, 4.69) is 15.5 Å². The molecule has 0 bridgehead atoms. The van der Waals surface area contributed by atoms with Crippen LogP contribution in [0.15, 0.2) is 28.6 Å². The molecule has 1 aromatic heterocycles. The Kier molecular flexibility index (Phi) is 5.51. The van der Waals surface area contributed by atoms with Crippen molar-refractivity contribution in [2.45, 2.75) is 24.1 Å². The number of rotatable bonds is 6. The summed E-state index contributed by atoms with van der Waals surface area (Å²) in [6, 6.07) is 7.91. The van der Waals surface area contributed by atoms with E-state index in [0.717, 1.165) is 39.3 Å². The van der Waals surface area contributed by atoms with Crippen molar-refractivity contribution in [3.8, 4) is 5.75 Å². The van der Waals surface area contributed by atoms with Crippen molar-refractivity contribution in [1.29, 1.82) is 0 Å². The van der Waals surface area contributed by atoms with Crippen LogP contribution in [0, 0.1) is 12.8 Å². The van der Waals surface area contributed by atoms with Crippen LogP contribution < -0.4 is 10.1 Å². The van der Waals surface area contributed by atoms with Gasteiger partial charge in [-0.15, -0.1) is 10.2 Å². The van der Waals surface area contributed by atoms with Gasteiger partial charge in [-0.05, 0) is 31.4 Å². The van der Waals surface area contributed by atoms with E-state index in [-0.39, 0.29) is 11.8 Å². The quantitative estimate of drug-likeness (QED) is 0.642. The van der Waals surface area contributed by atoms with Crippen molar-refractivity contribution in [1.82, 2.24) is 15.5 Å². The van der Waals surface area contributed by atoms with Gasteiger partial charge in [-0.25, -0.2) is 0 Å². The van der Waals surface area contributed by atoms with Crippen LogP contribution in [0.5, 0.6) is 5.75 Å². The van der Waals surface area contributed by atoms with E-state index < -0.39 is 0 Å². The molecule has 122 valence electrons. The Labute approximate surface area is 143 Å². The molecule has 2 aromatic rings. The number of benzene rings is 1. The fourth-order valence-corrected chi connectivity index (χ4v) is 4.25. The van der Waals surface area contributed by atoms with E-state index in [9.17, 15) is 4.79 Å². The molecule has 1 aliphatic rings. The maximum Gasteiger partial charge on any atom is 0.226 e. The Hall–Kier alpha value is -1.60. The number of hydrogen-bond donors (Lipinski definition) is 1. The van der Waals surface area contributed by atoms with E-state index >= 15 is 0 Å². The van der Waals surface area contributed by atoms with E-state index in [1.165, 1.54) is 0 Å². The van der Waals surface area contributed by atoms with Crippen molar-refractivity contribution >= 4 is 29.0 Å². The highest BCUT2D eigenvalue weighted by molar-refractivity contribution is 8.01. The minimum atomic E-state index is -0.0941. The first kappa shape index (κ1) is 16.3. The molecule has 2 heterocycles. The zero-order valence-corrected chi connectivity index (χ0v) is 14.6. The molecule has 5 nitrogen and oxygen atoms in total. The van der Waals surface area contributed by atoms with Gasteiger partial charge in [0.15, 0.2) is 4.34 Å². The summed E-state index contributed by atoms with van der Waals surface area (Å²) in [7, 11) is 0. The van der Waals surface area contributed by atoms with Gasteiger partial charge in [0.2, 0.25) is 5.91 Å². The molecule has 1 aromatic carbocycles. The molecule has 0 radical (unpaired) electrons. The molecule has 23 heavy (non-hydrogen) atoms. The second kappa shape index (κ2) is 7.79. The number of hydrogen-bond acceptors (Lipinski definition) is 6. The third kappa shape index (κ3) is 4.45. The average molecular weight is 349 g/mol. The summed E-state index contributed by atoms with van der Waals surface area (Å²) in [5, 5.41) is 12.1. The fourth-order valence-electron chi connectivity index (χ4n) is 2.42. The third-order valence-electron chi connectivity index (χ3n) is 3.60. The topological polar surface area (TPSA) is 64.1 Å². The number of carbonyl (C=O) groups is 1. The Bertz CT molecular complexity index is 675. The van der Waals surface area contributed by atoms with Gasteiger partial charge in [-0.2, -0.15) is 0 Å². The molecular weight excluding hydrogens is 330 g/mol. The smallest absolute Gasteiger partial charge is 0.226 e. The molecule has 0 saturated heterocycles. The number of thioether (sulfide) groups is 1. The number of fused-ring (bicyclic) bond motifs is 1. The summed E-state index contributed by atoms with van der Waals surface area (Å²) in [5.41, 5.74) is 1.11. The van der Waals surface area contributed by atoms with E-state index in [1.807, 2.05) is 31.2 Å². The number of carbonyl (C=O) groups excluding carboxylic acids is 1. The second-order valence-corrected chi connectivity index (χ2v) is 7.92. The summed E-state index contributed by atoms with van der Waals surface area (Å²) in [6.07, 6.45) is 1.67. The standard InChI is InChI=1S/C16H19N3O2S2/c1-11-18-19-16(23-11)22-8-4-7-17-15(20)13-9-12-5-2-3-6-14(12)21-10-13/h2-3,5-6,13H,4,7-10H2,1H3,(H,17,20)/t13-/m0/s1. The fraction of sp³-hybridized carbons (Fsp3) is 0.438. The molecule has 0 saturated carbocycles. The first-order chi connectivity index (χ1) is 11.2. The molecular formula is C16H19N3O2S2. The SMILES string of the molecule is Cc1nnc(SCCCNC(=O)[C@@H]2COc3ccccc3C2)s1. The number of para-hydroxylation sites is 1. The molecule has 0 aliphatic carbocycles. The minimum Gasteiger partial charge on any atom is -0.492 e. The summed E-state index contributed by atoms with van der Waals surface area (Å²) in [5.74, 6) is 1.82. The van der Waals surface area contributed by atoms with E-state index in [1.54, 1.807) is 23.1 Å². The van der Waals surface area contributed by atoms with Gasteiger partial charge >= 0.3 is 0 Å². The van der Waals surface area contributed by atoms with Gasteiger partial charge in [0.25, 0.3) is 0 Å². The number of aryl methyl sites for hydroxylation is 1. The Morgan fingerprint density at radius 2 is 2.30 bits per heavy atom. The first-order valence-electron chi connectivity index (χ1n) is 7.63. The van der Waals surface area contributed by atoms with E-state index in [0.29, 0.717) is 13.2 Å². The predicted molar refractivity (Wildman–Crippen MR) is 92.1 cm³/mol. The van der Waals surface area contributed by atoms with Gasteiger partial charge in [0, 0.05) is 12.3 Å². The molecule has 0 fully saturated rings. The van der Waals surface area contributed by atoms with Crippen LogP contribution in [0.4, 0.5) is 0 Å². The molecule has 1 aliphatic heterocycles. The molecule has 7 heteroatoms. The maximum atomic E-state index is 12.2. The molecule has 1 N–H and O–H groups in total. The number of aromatic nitrogens is 2. The summed E-state index contributed by atoms with van der Waals surface area (Å²) in [6.45, 7) is 3.09. The van der Waals surface area contributed by atoms with Crippen LogP contribution in [0.2, 0.25) is 0 Å². The van der Waals surface area contributed by atoms with Gasteiger partial charge in [0.05, 0.1) is 5.92 Å². The van der Waals surface area contributed by atoms with Crippen molar-refractivity contribution in [2.75, 3.05) is 18.9 Å². The molecule has 1 amide bonds. The monoisotopic (exact) mass is 349 g/mol. The van der Waals surface area contributed by atoms with Crippen LogP contribution in [-0.4, -0.2) is 35.0 Å². The first-order valence-corrected chi connectivity index (χ1v) is 9.44. The highest BCUT2D eigenvalue weighted by Crippen LogP contribution is 2.27. The predicted octanol–water partition coefficient (Wildman–Crippen LogP) is 2.70. The number of ether oxygens (including phenoxy) is 1. The van der Waals surface area contributed by atoms with Gasteiger partial charge < -0.3 is 10.1 Å².